The maximum Gasteiger partial charge on any atom is 0.329 e. The van der Waals surface area contributed by atoms with Gasteiger partial charge >= 0.3 is 5.97 Å². The highest BCUT2D eigenvalue weighted by Gasteiger charge is 2.42. The lowest BCUT2D eigenvalue weighted by molar-refractivity contribution is -0.165. The zero-order chi connectivity index (χ0) is 23.3. The summed E-state index contributed by atoms with van der Waals surface area (Å²) in [6, 6.07) is 7.83. The van der Waals surface area contributed by atoms with Gasteiger partial charge < -0.3 is 19.6 Å². The third kappa shape index (κ3) is 6.53. The molecule has 1 aromatic rings. The number of nitrogens with zero attached hydrogens (tertiary/aromatic N) is 2. The second kappa shape index (κ2) is 10.3. The van der Waals surface area contributed by atoms with Crippen molar-refractivity contribution in [1.29, 1.82) is 0 Å². The van der Waals surface area contributed by atoms with E-state index in [0.29, 0.717) is 19.4 Å². The molecule has 0 aromatic heterocycles. The Balaban J connectivity index is 2.14. The highest BCUT2D eigenvalue weighted by atomic mass is 16.6. The van der Waals surface area contributed by atoms with Gasteiger partial charge in [-0.25, -0.2) is 4.79 Å². The molecule has 0 saturated carbocycles. The second-order valence-electron chi connectivity index (χ2n) is 9.57. The number of amides is 2. The van der Waals surface area contributed by atoms with Gasteiger partial charge in [-0.15, -0.1) is 0 Å². The number of benzene rings is 1. The second-order valence-corrected chi connectivity index (χ2v) is 9.57. The van der Waals surface area contributed by atoms with Crippen LogP contribution in [-0.4, -0.2) is 70.1 Å². The molecule has 1 heterocycles. The first-order valence-corrected chi connectivity index (χ1v) is 10.9. The lowest BCUT2D eigenvalue weighted by atomic mass is 9.99. The SMILES string of the molecule is CC(C)[C@@H](C(=O)N1CCC[C@H]1C(=O)OC(C)(C)C)N(C)C(=O)[C@@H](O)Cc1ccccc1. The molecule has 0 radical (unpaired) electrons. The fraction of sp³-hybridized carbons (Fsp3) is 0.625. The van der Waals surface area contributed by atoms with Gasteiger partial charge in [-0.2, -0.15) is 0 Å². The number of hydrogen-bond acceptors (Lipinski definition) is 5. The Kier molecular flexibility index (Phi) is 8.23. The summed E-state index contributed by atoms with van der Waals surface area (Å²) in [5.74, 6) is -1.40. The minimum atomic E-state index is -1.25. The van der Waals surface area contributed by atoms with Gasteiger partial charge in [0, 0.05) is 20.0 Å². The predicted molar refractivity (Wildman–Crippen MR) is 118 cm³/mol. The van der Waals surface area contributed by atoms with E-state index in [-0.39, 0.29) is 18.2 Å². The quantitative estimate of drug-likeness (QED) is 0.669. The van der Waals surface area contributed by atoms with Crippen LogP contribution in [-0.2, 0) is 25.5 Å². The van der Waals surface area contributed by atoms with Crippen molar-refractivity contribution < 1.29 is 24.2 Å². The van der Waals surface area contributed by atoms with Crippen LogP contribution in [0.5, 0.6) is 0 Å². The number of rotatable bonds is 7. The van der Waals surface area contributed by atoms with E-state index in [9.17, 15) is 19.5 Å². The number of esters is 1. The molecule has 1 aliphatic heterocycles. The minimum Gasteiger partial charge on any atom is -0.458 e. The molecule has 1 N–H and O–H groups in total. The van der Waals surface area contributed by atoms with Crippen molar-refractivity contribution in [3.63, 3.8) is 0 Å². The highest BCUT2D eigenvalue weighted by molar-refractivity contribution is 5.92. The van der Waals surface area contributed by atoms with E-state index in [1.54, 1.807) is 20.8 Å². The molecule has 7 heteroatoms. The number of hydrogen-bond donors (Lipinski definition) is 1. The number of likely N-dealkylation sites (tertiary alicyclic amines) is 1. The predicted octanol–water partition coefficient (Wildman–Crippen LogP) is 2.41. The molecule has 1 saturated heterocycles. The van der Waals surface area contributed by atoms with Crippen LogP contribution in [0.1, 0.15) is 53.0 Å². The zero-order valence-electron chi connectivity index (χ0n) is 19.5. The lowest BCUT2D eigenvalue weighted by Gasteiger charge is -2.36. The summed E-state index contributed by atoms with van der Waals surface area (Å²) in [5, 5.41) is 10.5. The number of aliphatic hydroxyl groups excluding tert-OH is 1. The van der Waals surface area contributed by atoms with E-state index in [4.69, 9.17) is 4.74 Å². The number of ether oxygens (including phenoxy) is 1. The van der Waals surface area contributed by atoms with Crippen LogP contribution in [0.15, 0.2) is 30.3 Å². The van der Waals surface area contributed by atoms with E-state index in [2.05, 4.69) is 0 Å². The third-order valence-electron chi connectivity index (χ3n) is 5.42. The van der Waals surface area contributed by atoms with Gasteiger partial charge in [-0.05, 0) is 45.1 Å². The standard InChI is InChI=1S/C24H36N2O5/c1-16(2)20(25(6)21(28)19(27)15-17-11-8-7-9-12-17)22(29)26-14-10-13-18(26)23(30)31-24(3,4)5/h7-9,11-12,16,18-20,27H,10,13-15H2,1-6H3/t18-,19-,20-/m0/s1. The molecule has 0 unspecified atom stereocenters. The van der Waals surface area contributed by atoms with Crippen molar-refractivity contribution >= 4 is 17.8 Å². The smallest absolute Gasteiger partial charge is 0.329 e. The molecule has 2 amide bonds. The van der Waals surface area contributed by atoms with Gasteiger partial charge in [0.25, 0.3) is 5.91 Å². The zero-order valence-corrected chi connectivity index (χ0v) is 19.5. The van der Waals surface area contributed by atoms with Crippen molar-refractivity contribution in [2.45, 2.75) is 77.7 Å². The summed E-state index contributed by atoms with van der Waals surface area (Å²) in [6.45, 7) is 9.54. The van der Waals surface area contributed by atoms with Gasteiger partial charge in [-0.3, -0.25) is 9.59 Å². The van der Waals surface area contributed by atoms with Crippen LogP contribution < -0.4 is 0 Å². The van der Waals surface area contributed by atoms with Crippen molar-refractivity contribution in [3.05, 3.63) is 35.9 Å². The van der Waals surface area contributed by atoms with Gasteiger partial charge in [0.15, 0.2) is 0 Å². The molecular formula is C24H36N2O5. The average Bonchev–Trinajstić information content (AvgIpc) is 3.16. The Morgan fingerprint density at radius 3 is 2.35 bits per heavy atom. The fourth-order valence-corrected chi connectivity index (χ4v) is 4.01. The van der Waals surface area contributed by atoms with Gasteiger partial charge in [0.2, 0.25) is 5.91 Å². The molecule has 31 heavy (non-hydrogen) atoms. The Morgan fingerprint density at radius 1 is 1.19 bits per heavy atom. The molecule has 0 aliphatic carbocycles. The average molecular weight is 433 g/mol. The minimum absolute atomic E-state index is 0.174. The number of carbonyl (C=O) groups is 3. The molecule has 172 valence electrons. The Labute approximate surface area is 185 Å². The molecular weight excluding hydrogens is 396 g/mol. The summed E-state index contributed by atoms with van der Waals surface area (Å²) in [7, 11) is 1.54. The van der Waals surface area contributed by atoms with E-state index in [1.165, 1.54) is 16.8 Å². The number of carbonyl (C=O) groups excluding carboxylic acids is 3. The summed E-state index contributed by atoms with van der Waals surface area (Å²) in [4.78, 5) is 41.9. The Bertz CT molecular complexity index is 772. The maximum atomic E-state index is 13.4. The molecule has 1 aliphatic rings. The van der Waals surface area contributed by atoms with E-state index >= 15 is 0 Å². The normalized spacial score (nSPS) is 18.6. The topological polar surface area (TPSA) is 87.2 Å². The van der Waals surface area contributed by atoms with Crippen molar-refractivity contribution in [2.75, 3.05) is 13.6 Å². The van der Waals surface area contributed by atoms with Crippen LogP contribution in [0.3, 0.4) is 0 Å². The molecule has 0 spiro atoms. The van der Waals surface area contributed by atoms with Crippen LogP contribution in [0.25, 0.3) is 0 Å². The van der Waals surface area contributed by atoms with Gasteiger partial charge in [0.1, 0.15) is 23.8 Å². The molecule has 7 nitrogen and oxygen atoms in total. The molecule has 1 fully saturated rings. The van der Waals surface area contributed by atoms with Crippen LogP contribution in [0, 0.1) is 5.92 Å². The van der Waals surface area contributed by atoms with Crippen molar-refractivity contribution in [2.24, 2.45) is 5.92 Å². The number of aliphatic hydroxyl groups is 1. The highest BCUT2D eigenvalue weighted by Crippen LogP contribution is 2.25. The maximum absolute atomic E-state index is 13.4. The summed E-state index contributed by atoms with van der Waals surface area (Å²) in [5.41, 5.74) is 0.203. The monoisotopic (exact) mass is 432 g/mol. The largest absolute Gasteiger partial charge is 0.458 e. The first-order chi connectivity index (χ1) is 14.4. The van der Waals surface area contributed by atoms with E-state index < -0.39 is 35.7 Å². The van der Waals surface area contributed by atoms with E-state index in [0.717, 1.165) is 5.56 Å². The first kappa shape index (κ1) is 24.9. The van der Waals surface area contributed by atoms with Crippen molar-refractivity contribution in [1.82, 2.24) is 9.80 Å². The molecule has 3 atom stereocenters. The van der Waals surface area contributed by atoms with Gasteiger partial charge in [0.05, 0.1) is 0 Å². The van der Waals surface area contributed by atoms with E-state index in [1.807, 2.05) is 44.2 Å². The Morgan fingerprint density at radius 2 is 1.81 bits per heavy atom. The first-order valence-electron chi connectivity index (χ1n) is 10.9. The molecule has 0 bridgehead atoms. The lowest BCUT2D eigenvalue weighted by Crippen LogP contribution is -2.56. The third-order valence-corrected chi connectivity index (χ3v) is 5.42. The fourth-order valence-electron chi connectivity index (χ4n) is 4.01. The van der Waals surface area contributed by atoms with Crippen LogP contribution in [0.4, 0.5) is 0 Å². The van der Waals surface area contributed by atoms with Gasteiger partial charge in [-0.1, -0.05) is 44.2 Å². The summed E-state index contributed by atoms with van der Waals surface area (Å²) < 4.78 is 5.50. The Hall–Kier alpha value is -2.41. The molecule has 2 rings (SSSR count). The summed E-state index contributed by atoms with van der Waals surface area (Å²) in [6.07, 6.45) is 0.170. The molecule has 1 aromatic carbocycles. The van der Waals surface area contributed by atoms with Crippen LogP contribution >= 0.6 is 0 Å². The van der Waals surface area contributed by atoms with Crippen molar-refractivity contribution in [3.8, 4) is 0 Å². The number of likely N-dealkylation sites (N-methyl/N-ethyl adjacent to an activating group) is 1. The summed E-state index contributed by atoms with van der Waals surface area (Å²) >= 11 is 0. The van der Waals surface area contributed by atoms with Crippen LogP contribution in [0.2, 0.25) is 0 Å².